The smallest absolute Gasteiger partial charge is 0.391 e. The van der Waals surface area contributed by atoms with Crippen molar-refractivity contribution in [3.63, 3.8) is 0 Å². The number of alkyl halides is 3. The second-order valence-electron chi connectivity index (χ2n) is 3.47. The number of thiophene rings is 1. The molecule has 0 aromatic carbocycles. The summed E-state index contributed by atoms with van der Waals surface area (Å²) in [6.45, 7) is 0. The Labute approximate surface area is 115 Å². The van der Waals surface area contributed by atoms with Gasteiger partial charge in [-0.1, -0.05) is 11.6 Å². The normalized spacial score (nSPS) is 12.9. The first-order valence-electron chi connectivity index (χ1n) is 4.93. The molecular formula is C10H9ClF3NO3S. The number of rotatable bonds is 4. The lowest BCUT2D eigenvalue weighted by atomic mass is 10.2. The highest BCUT2D eigenvalue weighted by Crippen LogP contribution is 2.24. The standard InChI is InChI=1S/C10H9ClF3NO3S/c1-18-9(17)6(4-10(12,13)14)15-8(16)7-5(11)2-3-19-7/h2-3,6H,4H2,1H3,(H,15,16)/t6-/m1/s1. The van der Waals surface area contributed by atoms with Crippen LogP contribution in [0.25, 0.3) is 0 Å². The molecule has 1 aromatic heterocycles. The van der Waals surface area contributed by atoms with Gasteiger partial charge in [-0.2, -0.15) is 13.2 Å². The van der Waals surface area contributed by atoms with Crippen molar-refractivity contribution in [2.24, 2.45) is 0 Å². The van der Waals surface area contributed by atoms with Crippen LogP contribution < -0.4 is 5.32 Å². The average molecular weight is 316 g/mol. The van der Waals surface area contributed by atoms with Gasteiger partial charge in [0.2, 0.25) is 0 Å². The summed E-state index contributed by atoms with van der Waals surface area (Å²) in [5.41, 5.74) is 0. The highest BCUT2D eigenvalue weighted by Gasteiger charge is 2.37. The SMILES string of the molecule is COC(=O)[C@@H](CC(F)(F)F)NC(=O)c1sccc1Cl. The van der Waals surface area contributed by atoms with Crippen molar-refractivity contribution in [1.82, 2.24) is 5.32 Å². The predicted molar refractivity (Wildman–Crippen MR) is 63.3 cm³/mol. The van der Waals surface area contributed by atoms with Crippen LogP contribution in [0.1, 0.15) is 16.1 Å². The van der Waals surface area contributed by atoms with Gasteiger partial charge in [-0.25, -0.2) is 4.79 Å². The molecule has 4 nitrogen and oxygen atoms in total. The molecule has 0 saturated carbocycles. The van der Waals surface area contributed by atoms with E-state index in [2.05, 4.69) is 4.74 Å². The van der Waals surface area contributed by atoms with Gasteiger partial charge in [0, 0.05) is 0 Å². The van der Waals surface area contributed by atoms with E-state index in [0.29, 0.717) is 0 Å². The first-order chi connectivity index (χ1) is 8.74. The highest BCUT2D eigenvalue weighted by atomic mass is 35.5. The van der Waals surface area contributed by atoms with Gasteiger partial charge in [0.25, 0.3) is 5.91 Å². The van der Waals surface area contributed by atoms with Crippen molar-refractivity contribution >= 4 is 34.8 Å². The Balaban J connectivity index is 2.81. The molecule has 0 aliphatic carbocycles. The van der Waals surface area contributed by atoms with Crippen LogP contribution in [-0.2, 0) is 9.53 Å². The van der Waals surface area contributed by atoms with Crippen LogP contribution in [-0.4, -0.2) is 31.2 Å². The number of carbonyl (C=O) groups is 2. The molecule has 0 bridgehead atoms. The topological polar surface area (TPSA) is 55.4 Å². The molecule has 1 rings (SSSR count). The third-order valence-electron chi connectivity index (χ3n) is 2.05. The van der Waals surface area contributed by atoms with E-state index in [1.807, 2.05) is 5.32 Å². The summed E-state index contributed by atoms with van der Waals surface area (Å²) in [6, 6.07) is -0.367. The Kier molecular flexibility index (Phi) is 5.19. The van der Waals surface area contributed by atoms with E-state index >= 15 is 0 Å². The zero-order valence-electron chi connectivity index (χ0n) is 9.58. The molecule has 19 heavy (non-hydrogen) atoms. The fourth-order valence-corrected chi connectivity index (χ4v) is 2.29. The molecule has 0 aliphatic rings. The fourth-order valence-electron chi connectivity index (χ4n) is 1.25. The van der Waals surface area contributed by atoms with E-state index in [9.17, 15) is 22.8 Å². The molecule has 1 aromatic rings. The summed E-state index contributed by atoms with van der Waals surface area (Å²) < 4.78 is 41.1. The lowest BCUT2D eigenvalue weighted by Crippen LogP contribution is -2.44. The Morgan fingerprint density at radius 2 is 2.16 bits per heavy atom. The minimum absolute atomic E-state index is 0.0396. The van der Waals surface area contributed by atoms with Crippen LogP contribution in [0, 0.1) is 0 Å². The van der Waals surface area contributed by atoms with E-state index in [0.717, 1.165) is 18.4 Å². The first kappa shape index (κ1) is 15.8. The van der Waals surface area contributed by atoms with Crippen molar-refractivity contribution in [3.8, 4) is 0 Å². The minimum Gasteiger partial charge on any atom is -0.467 e. The van der Waals surface area contributed by atoms with E-state index in [4.69, 9.17) is 11.6 Å². The molecule has 0 unspecified atom stereocenters. The van der Waals surface area contributed by atoms with Gasteiger partial charge in [0.1, 0.15) is 10.9 Å². The Morgan fingerprint density at radius 3 is 2.58 bits per heavy atom. The maximum atomic E-state index is 12.3. The zero-order chi connectivity index (χ0) is 14.6. The van der Waals surface area contributed by atoms with Crippen molar-refractivity contribution in [3.05, 3.63) is 21.3 Å². The quantitative estimate of drug-likeness (QED) is 0.869. The number of carbonyl (C=O) groups excluding carboxylic acids is 2. The van der Waals surface area contributed by atoms with Crippen LogP contribution in [0.2, 0.25) is 5.02 Å². The average Bonchev–Trinajstić information content (AvgIpc) is 2.71. The van der Waals surface area contributed by atoms with Crippen molar-refractivity contribution in [1.29, 1.82) is 0 Å². The maximum absolute atomic E-state index is 12.3. The molecule has 1 atom stereocenters. The van der Waals surface area contributed by atoms with E-state index in [1.165, 1.54) is 11.4 Å². The molecule has 1 amide bonds. The molecule has 0 spiro atoms. The number of methoxy groups -OCH3 is 1. The van der Waals surface area contributed by atoms with Gasteiger partial charge in [0.15, 0.2) is 0 Å². The van der Waals surface area contributed by atoms with Gasteiger partial charge in [-0.15, -0.1) is 11.3 Å². The number of esters is 1. The molecule has 9 heteroatoms. The third-order valence-corrected chi connectivity index (χ3v) is 3.39. The molecule has 1 heterocycles. The molecule has 0 aliphatic heterocycles. The lowest BCUT2D eigenvalue weighted by molar-refractivity contribution is -0.160. The summed E-state index contributed by atoms with van der Waals surface area (Å²) in [5.74, 6) is -2.02. The summed E-state index contributed by atoms with van der Waals surface area (Å²) in [7, 11) is 0.940. The van der Waals surface area contributed by atoms with Crippen LogP contribution >= 0.6 is 22.9 Å². The Hall–Kier alpha value is -1.28. The molecular weight excluding hydrogens is 307 g/mol. The number of ether oxygens (including phenoxy) is 1. The summed E-state index contributed by atoms with van der Waals surface area (Å²) in [6.07, 6.45) is -6.11. The van der Waals surface area contributed by atoms with Gasteiger partial charge < -0.3 is 10.1 Å². The summed E-state index contributed by atoms with van der Waals surface area (Å²) in [5, 5.41) is 3.58. The summed E-state index contributed by atoms with van der Waals surface area (Å²) >= 11 is 6.64. The lowest BCUT2D eigenvalue weighted by Gasteiger charge is -2.17. The fraction of sp³-hybridized carbons (Fsp3) is 0.400. The highest BCUT2D eigenvalue weighted by molar-refractivity contribution is 7.12. The number of hydrogen-bond acceptors (Lipinski definition) is 4. The third kappa shape index (κ3) is 4.71. The number of amides is 1. The maximum Gasteiger partial charge on any atom is 0.391 e. The molecule has 1 N–H and O–H groups in total. The van der Waals surface area contributed by atoms with E-state index in [-0.39, 0.29) is 9.90 Å². The van der Waals surface area contributed by atoms with Crippen LogP contribution in [0.15, 0.2) is 11.4 Å². The predicted octanol–water partition coefficient (Wildman–Crippen LogP) is 2.63. The largest absolute Gasteiger partial charge is 0.467 e. The van der Waals surface area contributed by atoms with E-state index in [1.54, 1.807) is 0 Å². The molecule has 106 valence electrons. The first-order valence-corrected chi connectivity index (χ1v) is 6.19. The minimum atomic E-state index is -4.61. The number of hydrogen-bond donors (Lipinski definition) is 1. The van der Waals surface area contributed by atoms with Gasteiger partial charge in [-0.3, -0.25) is 4.79 Å². The van der Waals surface area contributed by atoms with Gasteiger partial charge in [0.05, 0.1) is 18.6 Å². The van der Waals surface area contributed by atoms with Gasteiger partial charge >= 0.3 is 12.1 Å². The van der Waals surface area contributed by atoms with Crippen molar-refractivity contribution < 1.29 is 27.5 Å². The second kappa shape index (κ2) is 6.25. The second-order valence-corrected chi connectivity index (χ2v) is 4.79. The molecule has 0 saturated heterocycles. The zero-order valence-corrected chi connectivity index (χ0v) is 11.2. The monoisotopic (exact) mass is 315 g/mol. The Morgan fingerprint density at radius 1 is 1.53 bits per heavy atom. The van der Waals surface area contributed by atoms with Crippen molar-refractivity contribution in [2.75, 3.05) is 7.11 Å². The van der Waals surface area contributed by atoms with Gasteiger partial charge in [-0.05, 0) is 11.4 Å². The Bertz CT molecular complexity index is 475. The molecule has 0 radical (unpaired) electrons. The van der Waals surface area contributed by atoms with Crippen LogP contribution in [0.5, 0.6) is 0 Å². The molecule has 0 fully saturated rings. The van der Waals surface area contributed by atoms with Crippen molar-refractivity contribution in [2.45, 2.75) is 18.6 Å². The number of nitrogens with one attached hydrogen (secondary N) is 1. The van der Waals surface area contributed by atoms with E-state index < -0.39 is 30.5 Å². The van der Waals surface area contributed by atoms with Crippen LogP contribution in [0.4, 0.5) is 13.2 Å². The number of halogens is 4. The van der Waals surface area contributed by atoms with Crippen LogP contribution in [0.3, 0.4) is 0 Å². The summed E-state index contributed by atoms with van der Waals surface area (Å²) in [4.78, 5) is 22.9.